The van der Waals surface area contributed by atoms with Gasteiger partial charge in [-0.3, -0.25) is 0 Å². The number of benzene rings is 2. The van der Waals surface area contributed by atoms with E-state index in [1.807, 2.05) is 50.5 Å². The minimum absolute atomic E-state index is 0.00646. The van der Waals surface area contributed by atoms with Gasteiger partial charge in [0.15, 0.2) is 0 Å². The van der Waals surface area contributed by atoms with Crippen molar-refractivity contribution in [2.24, 2.45) is 5.92 Å². The average molecular weight is 354 g/mol. The van der Waals surface area contributed by atoms with Crippen LogP contribution in [0.15, 0.2) is 60.7 Å². The van der Waals surface area contributed by atoms with Gasteiger partial charge in [0.05, 0.1) is 12.1 Å². The van der Waals surface area contributed by atoms with Gasteiger partial charge in [-0.05, 0) is 37.6 Å². The molecule has 0 radical (unpaired) electrons. The number of nitrogens with one attached hydrogen (secondary N) is 2. The van der Waals surface area contributed by atoms with Crippen molar-refractivity contribution in [2.45, 2.75) is 32.4 Å². The summed E-state index contributed by atoms with van der Waals surface area (Å²) in [5.74, 6) is 0.493. The van der Waals surface area contributed by atoms with Gasteiger partial charge in [-0.25, -0.2) is 4.79 Å². The van der Waals surface area contributed by atoms with Crippen molar-refractivity contribution in [2.75, 3.05) is 20.6 Å². The van der Waals surface area contributed by atoms with E-state index < -0.39 is 0 Å². The lowest BCUT2D eigenvalue weighted by Crippen LogP contribution is -2.43. The van der Waals surface area contributed by atoms with Crippen LogP contribution >= 0.6 is 0 Å². The predicted octanol–water partition coefficient (Wildman–Crippen LogP) is 4.38. The summed E-state index contributed by atoms with van der Waals surface area (Å²) in [7, 11) is 4.03. The van der Waals surface area contributed by atoms with Crippen LogP contribution < -0.4 is 10.6 Å². The molecule has 0 aromatic heterocycles. The fourth-order valence-corrected chi connectivity index (χ4v) is 3.08. The Morgan fingerprint density at radius 3 is 1.77 bits per heavy atom. The number of carbonyl (C=O) groups is 1. The molecule has 0 saturated heterocycles. The lowest BCUT2D eigenvalue weighted by Gasteiger charge is -2.26. The van der Waals surface area contributed by atoms with Crippen molar-refractivity contribution in [3.63, 3.8) is 0 Å². The molecule has 2 atom stereocenters. The highest BCUT2D eigenvalue weighted by atomic mass is 16.2. The molecular weight excluding hydrogens is 322 g/mol. The Hall–Kier alpha value is -2.33. The zero-order valence-electron chi connectivity index (χ0n) is 16.3. The van der Waals surface area contributed by atoms with Crippen LogP contribution in [-0.2, 0) is 0 Å². The van der Waals surface area contributed by atoms with Crippen LogP contribution in [0.2, 0.25) is 0 Å². The smallest absolute Gasteiger partial charge is 0.315 e. The van der Waals surface area contributed by atoms with Gasteiger partial charge in [0, 0.05) is 6.54 Å². The molecule has 4 heteroatoms. The van der Waals surface area contributed by atoms with Gasteiger partial charge in [0.1, 0.15) is 0 Å². The van der Waals surface area contributed by atoms with Crippen molar-refractivity contribution in [3.05, 3.63) is 71.8 Å². The van der Waals surface area contributed by atoms with Crippen molar-refractivity contribution in [1.29, 1.82) is 0 Å². The van der Waals surface area contributed by atoms with Crippen molar-refractivity contribution >= 4 is 6.03 Å². The molecule has 2 aromatic carbocycles. The van der Waals surface area contributed by atoms with E-state index in [0.717, 1.165) is 24.1 Å². The zero-order chi connectivity index (χ0) is 18.9. The molecule has 0 bridgehead atoms. The molecule has 140 valence electrons. The lowest BCUT2D eigenvalue weighted by molar-refractivity contribution is 0.227. The summed E-state index contributed by atoms with van der Waals surface area (Å²) in [6, 6.07) is 20.1. The molecule has 0 spiro atoms. The largest absolute Gasteiger partial charge is 0.331 e. The molecule has 2 N–H and O–H groups in total. The van der Waals surface area contributed by atoms with E-state index in [1.54, 1.807) is 0 Å². The number of rotatable bonds is 8. The number of hydrogen-bond donors (Lipinski definition) is 2. The Labute approximate surface area is 157 Å². The molecule has 26 heavy (non-hydrogen) atoms. The van der Waals surface area contributed by atoms with Gasteiger partial charge in [-0.15, -0.1) is 0 Å². The first-order valence-corrected chi connectivity index (χ1v) is 9.27. The van der Waals surface area contributed by atoms with Crippen molar-refractivity contribution < 1.29 is 4.79 Å². The first kappa shape index (κ1) is 20.0. The van der Waals surface area contributed by atoms with E-state index in [9.17, 15) is 4.79 Å². The summed E-state index contributed by atoms with van der Waals surface area (Å²) < 4.78 is 0. The van der Waals surface area contributed by atoms with Crippen LogP contribution in [0.3, 0.4) is 0 Å². The fourth-order valence-electron chi connectivity index (χ4n) is 3.08. The van der Waals surface area contributed by atoms with Crippen LogP contribution in [0, 0.1) is 5.92 Å². The highest BCUT2D eigenvalue weighted by Crippen LogP contribution is 2.21. The quantitative estimate of drug-likeness (QED) is 0.740. The van der Waals surface area contributed by atoms with Crippen LogP contribution in [0.1, 0.15) is 43.5 Å². The van der Waals surface area contributed by atoms with Crippen LogP contribution in [0.4, 0.5) is 4.79 Å². The average Bonchev–Trinajstić information content (AvgIpc) is 2.61. The maximum Gasteiger partial charge on any atom is 0.315 e. The zero-order valence-corrected chi connectivity index (χ0v) is 16.3. The molecule has 0 aliphatic heterocycles. The van der Waals surface area contributed by atoms with Gasteiger partial charge in [0.25, 0.3) is 0 Å². The molecule has 2 amide bonds. The molecule has 2 unspecified atom stereocenters. The molecule has 0 aliphatic carbocycles. The second kappa shape index (κ2) is 9.97. The van der Waals surface area contributed by atoms with E-state index in [-0.39, 0.29) is 18.1 Å². The highest BCUT2D eigenvalue weighted by molar-refractivity contribution is 5.75. The van der Waals surface area contributed by atoms with E-state index in [0.29, 0.717) is 5.92 Å². The third-order valence-corrected chi connectivity index (χ3v) is 4.27. The standard InChI is InChI=1S/C22H31N3O/c1-17(2)15-20(18-11-7-5-8-12-18)23-22(26)24-21(16-25(3)4)19-13-9-6-10-14-19/h5-14,17,20-21H,15-16H2,1-4H3,(H2,23,24,26). The van der Waals surface area contributed by atoms with E-state index in [1.165, 1.54) is 0 Å². The van der Waals surface area contributed by atoms with Gasteiger partial charge < -0.3 is 15.5 Å². The van der Waals surface area contributed by atoms with Crippen LogP contribution in [0.25, 0.3) is 0 Å². The van der Waals surface area contributed by atoms with Gasteiger partial charge in [-0.2, -0.15) is 0 Å². The molecule has 4 nitrogen and oxygen atoms in total. The van der Waals surface area contributed by atoms with Crippen LogP contribution in [0.5, 0.6) is 0 Å². The Balaban J connectivity index is 2.09. The van der Waals surface area contributed by atoms with Crippen molar-refractivity contribution in [1.82, 2.24) is 15.5 Å². The molecule has 0 heterocycles. The lowest BCUT2D eigenvalue weighted by atomic mass is 9.97. The summed E-state index contributed by atoms with van der Waals surface area (Å²) >= 11 is 0. The second-order valence-corrected chi connectivity index (χ2v) is 7.44. The molecule has 2 rings (SSSR count). The Morgan fingerprint density at radius 2 is 1.31 bits per heavy atom. The third kappa shape index (κ3) is 6.52. The topological polar surface area (TPSA) is 44.4 Å². The molecule has 0 fully saturated rings. The summed E-state index contributed by atoms with van der Waals surface area (Å²) in [6.45, 7) is 5.10. The molecular formula is C22H31N3O. The highest BCUT2D eigenvalue weighted by Gasteiger charge is 2.19. The van der Waals surface area contributed by atoms with E-state index >= 15 is 0 Å². The Kier molecular flexibility index (Phi) is 7.67. The van der Waals surface area contributed by atoms with Gasteiger partial charge in [-0.1, -0.05) is 74.5 Å². The third-order valence-electron chi connectivity index (χ3n) is 4.27. The number of urea groups is 1. The number of amides is 2. The first-order valence-electron chi connectivity index (χ1n) is 9.27. The second-order valence-electron chi connectivity index (χ2n) is 7.44. The number of nitrogens with zero attached hydrogens (tertiary/aromatic N) is 1. The minimum atomic E-state index is -0.129. The summed E-state index contributed by atoms with van der Waals surface area (Å²) in [5.41, 5.74) is 2.25. The summed E-state index contributed by atoms with van der Waals surface area (Å²) in [5, 5.41) is 6.32. The van der Waals surface area contributed by atoms with Crippen LogP contribution in [-0.4, -0.2) is 31.6 Å². The van der Waals surface area contributed by atoms with Gasteiger partial charge in [0.2, 0.25) is 0 Å². The SMILES string of the molecule is CC(C)CC(NC(=O)NC(CN(C)C)c1ccccc1)c1ccccc1. The molecule has 0 saturated carbocycles. The first-order chi connectivity index (χ1) is 12.5. The number of carbonyl (C=O) groups excluding carboxylic acids is 1. The maximum atomic E-state index is 12.7. The Bertz CT molecular complexity index is 598. The Morgan fingerprint density at radius 1 is 0.846 bits per heavy atom. The molecule has 2 aromatic rings. The fraction of sp³-hybridized carbons (Fsp3) is 0.409. The van der Waals surface area contributed by atoms with Gasteiger partial charge >= 0.3 is 6.03 Å². The maximum absolute atomic E-state index is 12.7. The number of likely N-dealkylation sites (N-methyl/N-ethyl adjacent to an activating group) is 1. The van der Waals surface area contributed by atoms with Crippen molar-refractivity contribution in [3.8, 4) is 0 Å². The van der Waals surface area contributed by atoms with E-state index in [4.69, 9.17) is 0 Å². The summed E-state index contributed by atoms with van der Waals surface area (Å²) in [6.07, 6.45) is 0.904. The number of hydrogen-bond acceptors (Lipinski definition) is 2. The van der Waals surface area contributed by atoms with E-state index in [2.05, 4.69) is 53.6 Å². The summed E-state index contributed by atoms with van der Waals surface area (Å²) in [4.78, 5) is 14.8. The normalized spacial score (nSPS) is 13.5. The molecule has 0 aliphatic rings. The monoisotopic (exact) mass is 353 g/mol. The minimum Gasteiger partial charge on any atom is -0.331 e. The predicted molar refractivity (Wildman–Crippen MR) is 108 cm³/mol.